The second-order valence-electron chi connectivity index (χ2n) is 5.02. The van der Waals surface area contributed by atoms with E-state index in [0.717, 1.165) is 18.9 Å². The summed E-state index contributed by atoms with van der Waals surface area (Å²) in [5.41, 5.74) is 2.11. The first-order chi connectivity index (χ1) is 9.61. The normalized spacial score (nSPS) is 25.4. The van der Waals surface area contributed by atoms with Crippen molar-refractivity contribution in [3.8, 4) is 0 Å². The Bertz CT molecular complexity index is 553. The van der Waals surface area contributed by atoms with Crippen LogP contribution in [0.5, 0.6) is 0 Å². The maximum atomic E-state index is 14.0. The number of nitrogen functional groups attached to an aromatic ring is 1. The van der Waals surface area contributed by atoms with Gasteiger partial charge in [0.1, 0.15) is 0 Å². The number of rotatable bonds is 2. The third kappa shape index (κ3) is 1.96. The lowest BCUT2D eigenvalue weighted by atomic mass is 9.91. The predicted molar refractivity (Wildman–Crippen MR) is 68.8 cm³/mol. The maximum Gasteiger partial charge on any atom is 0.225 e. The Hall–Kier alpha value is -1.96. The number of nitrogens with zero attached hydrogens (tertiary/aromatic N) is 2. The Morgan fingerprint density at radius 3 is 3.00 bits per heavy atom. The molecular weight excluding hydrogens is 268 g/mol. The highest BCUT2D eigenvalue weighted by atomic mass is 19.1. The first kappa shape index (κ1) is 13.0. The number of carbonyl (C=O) groups excluding carboxylic acids is 1. The summed E-state index contributed by atoms with van der Waals surface area (Å²) in [6.07, 6.45) is 1.54. The quantitative estimate of drug-likeness (QED) is 0.539. The SMILES string of the molecule is NNc1nc(N2CCCC3C(=O)NCC32)c(F)cc1F. The number of hydrogen-bond acceptors (Lipinski definition) is 5. The van der Waals surface area contributed by atoms with Gasteiger partial charge in [0.2, 0.25) is 5.91 Å². The Balaban J connectivity index is 1.97. The maximum absolute atomic E-state index is 14.0. The molecule has 1 aromatic rings. The second kappa shape index (κ2) is 4.86. The number of hydrazine groups is 1. The zero-order valence-corrected chi connectivity index (χ0v) is 10.7. The number of anilines is 2. The fraction of sp³-hybridized carbons (Fsp3) is 0.500. The molecule has 1 aromatic heterocycles. The van der Waals surface area contributed by atoms with Gasteiger partial charge in [0.25, 0.3) is 0 Å². The summed E-state index contributed by atoms with van der Waals surface area (Å²) >= 11 is 0. The van der Waals surface area contributed by atoms with Crippen molar-refractivity contribution in [2.75, 3.05) is 23.4 Å². The summed E-state index contributed by atoms with van der Waals surface area (Å²) in [5, 5.41) is 2.78. The smallest absolute Gasteiger partial charge is 0.225 e. The van der Waals surface area contributed by atoms with Crippen molar-refractivity contribution in [1.29, 1.82) is 0 Å². The minimum atomic E-state index is -0.845. The number of fused-ring (bicyclic) bond motifs is 1. The molecule has 4 N–H and O–H groups in total. The van der Waals surface area contributed by atoms with E-state index in [1.165, 1.54) is 0 Å². The molecule has 0 radical (unpaired) electrons. The summed E-state index contributed by atoms with van der Waals surface area (Å²) in [5.74, 6) is 3.22. The predicted octanol–water partition coefficient (Wildman–Crippen LogP) is 0.360. The van der Waals surface area contributed by atoms with Crippen molar-refractivity contribution in [2.24, 2.45) is 11.8 Å². The van der Waals surface area contributed by atoms with E-state index in [1.807, 2.05) is 0 Å². The van der Waals surface area contributed by atoms with E-state index in [2.05, 4.69) is 15.7 Å². The Labute approximate surface area is 114 Å². The van der Waals surface area contributed by atoms with Crippen LogP contribution in [0.4, 0.5) is 20.4 Å². The summed E-state index contributed by atoms with van der Waals surface area (Å²) in [6.45, 7) is 1.03. The molecule has 2 atom stereocenters. The Morgan fingerprint density at radius 1 is 1.45 bits per heavy atom. The molecule has 8 heteroatoms. The molecule has 3 rings (SSSR count). The third-order valence-corrected chi connectivity index (χ3v) is 3.92. The Kier molecular flexibility index (Phi) is 3.17. The van der Waals surface area contributed by atoms with Crippen LogP contribution in [0.15, 0.2) is 6.07 Å². The van der Waals surface area contributed by atoms with Crippen LogP contribution >= 0.6 is 0 Å². The summed E-state index contributed by atoms with van der Waals surface area (Å²) in [7, 11) is 0. The van der Waals surface area contributed by atoms with E-state index in [9.17, 15) is 13.6 Å². The van der Waals surface area contributed by atoms with Gasteiger partial charge in [0, 0.05) is 19.2 Å². The average Bonchev–Trinajstić information content (AvgIpc) is 2.81. The second-order valence-corrected chi connectivity index (χ2v) is 5.02. The van der Waals surface area contributed by atoms with Crippen molar-refractivity contribution >= 4 is 17.5 Å². The lowest BCUT2D eigenvalue weighted by Crippen LogP contribution is -2.46. The van der Waals surface area contributed by atoms with Crippen LogP contribution in [-0.2, 0) is 4.79 Å². The van der Waals surface area contributed by atoms with Gasteiger partial charge in [0.15, 0.2) is 23.3 Å². The molecule has 1 amide bonds. The van der Waals surface area contributed by atoms with Gasteiger partial charge in [-0.1, -0.05) is 0 Å². The van der Waals surface area contributed by atoms with Gasteiger partial charge in [0.05, 0.1) is 12.0 Å². The molecule has 0 aromatic carbocycles. The van der Waals surface area contributed by atoms with Crippen LogP contribution in [0.1, 0.15) is 12.8 Å². The summed E-state index contributed by atoms with van der Waals surface area (Å²) in [6, 6.07) is 0.611. The largest absolute Gasteiger partial charge is 0.354 e. The molecule has 0 saturated carbocycles. The molecule has 6 nitrogen and oxygen atoms in total. The number of aromatic nitrogens is 1. The number of halogens is 2. The molecule has 0 spiro atoms. The van der Waals surface area contributed by atoms with E-state index in [-0.39, 0.29) is 29.5 Å². The fourth-order valence-corrected chi connectivity index (χ4v) is 2.97. The number of amides is 1. The van der Waals surface area contributed by atoms with Crippen LogP contribution in [0.2, 0.25) is 0 Å². The molecule has 0 bridgehead atoms. The molecule has 3 heterocycles. The minimum absolute atomic E-state index is 0.0145. The lowest BCUT2D eigenvalue weighted by Gasteiger charge is -2.37. The molecule has 108 valence electrons. The van der Waals surface area contributed by atoms with Gasteiger partial charge >= 0.3 is 0 Å². The molecule has 2 saturated heterocycles. The third-order valence-electron chi connectivity index (χ3n) is 3.92. The summed E-state index contributed by atoms with van der Waals surface area (Å²) < 4.78 is 27.4. The Morgan fingerprint density at radius 2 is 2.25 bits per heavy atom. The lowest BCUT2D eigenvalue weighted by molar-refractivity contribution is -0.123. The first-order valence-electron chi connectivity index (χ1n) is 6.49. The number of hydrogen-bond donors (Lipinski definition) is 3. The van der Waals surface area contributed by atoms with E-state index in [1.54, 1.807) is 4.90 Å². The molecular formula is C12H15F2N5O. The molecule has 2 aliphatic heterocycles. The van der Waals surface area contributed by atoms with E-state index in [0.29, 0.717) is 13.1 Å². The summed E-state index contributed by atoms with van der Waals surface area (Å²) in [4.78, 5) is 17.3. The highest BCUT2D eigenvalue weighted by Gasteiger charge is 2.42. The van der Waals surface area contributed by atoms with Gasteiger partial charge in [-0.15, -0.1) is 0 Å². The van der Waals surface area contributed by atoms with Crippen molar-refractivity contribution in [2.45, 2.75) is 18.9 Å². The standard InChI is InChI=1S/C12H15F2N5O/c13-7-4-8(14)11(17-10(7)18-15)19-3-1-2-6-9(19)5-16-12(6)20/h4,6,9H,1-3,5,15H2,(H,16,20)(H,17,18). The van der Waals surface area contributed by atoms with Crippen LogP contribution in [0.25, 0.3) is 0 Å². The van der Waals surface area contributed by atoms with Crippen LogP contribution in [-0.4, -0.2) is 30.0 Å². The molecule has 2 fully saturated rings. The topological polar surface area (TPSA) is 83.3 Å². The van der Waals surface area contributed by atoms with Crippen molar-refractivity contribution in [3.63, 3.8) is 0 Å². The molecule has 2 unspecified atom stereocenters. The van der Waals surface area contributed by atoms with Crippen LogP contribution in [0.3, 0.4) is 0 Å². The number of piperidine rings is 1. The highest BCUT2D eigenvalue weighted by Crippen LogP contribution is 2.32. The van der Waals surface area contributed by atoms with E-state index < -0.39 is 11.6 Å². The number of carbonyl (C=O) groups is 1. The number of pyridine rings is 1. The average molecular weight is 283 g/mol. The zero-order chi connectivity index (χ0) is 14.3. The number of nitrogens with two attached hydrogens (primary N) is 1. The zero-order valence-electron chi connectivity index (χ0n) is 10.7. The molecule has 2 aliphatic rings. The van der Waals surface area contributed by atoms with Gasteiger partial charge in [-0.05, 0) is 12.8 Å². The minimum Gasteiger partial charge on any atom is -0.354 e. The highest BCUT2D eigenvalue weighted by molar-refractivity contribution is 5.83. The van der Waals surface area contributed by atoms with Crippen molar-refractivity contribution in [3.05, 3.63) is 17.7 Å². The van der Waals surface area contributed by atoms with E-state index in [4.69, 9.17) is 5.84 Å². The van der Waals surface area contributed by atoms with E-state index >= 15 is 0 Å². The van der Waals surface area contributed by atoms with Gasteiger partial charge in [-0.2, -0.15) is 0 Å². The van der Waals surface area contributed by atoms with Gasteiger partial charge < -0.3 is 15.6 Å². The van der Waals surface area contributed by atoms with Crippen LogP contribution < -0.4 is 21.5 Å². The molecule has 0 aliphatic carbocycles. The first-order valence-corrected chi connectivity index (χ1v) is 6.49. The molecule has 20 heavy (non-hydrogen) atoms. The van der Waals surface area contributed by atoms with Crippen molar-refractivity contribution < 1.29 is 13.6 Å². The van der Waals surface area contributed by atoms with Gasteiger partial charge in [-0.25, -0.2) is 19.6 Å². The monoisotopic (exact) mass is 283 g/mol. The fourth-order valence-electron chi connectivity index (χ4n) is 2.97. The van der Waals surface area contributed by atoms with Crippen molar-refractivity contribution in [1.82, 2.24) is 10.3 Å². The number of nitrogens with one attached hydrogen (secondary N) is 2. The van der Waals surface area contributed by atoms with Gasteiger partial charge in [-0.3, -0.25) is 4.79 Å². The van der Waals surface area contributed by atoms with Crippen LogP contribution in [0, 0.1) is 17.6 Å².